The van der Waals surface area contributed by atoms with Crippen LogP contribution >= 0.6 is 0 Å². The second kappa shape index (κ2) is 5.38. The lowest BCUT2D eigenvalue weighted by Crippen LogP contribution is -2.41. The van der Waals surface area contributed by atoms with Crippen LogP contribution in [0.4, 0.5) is 0 Å². The first-order valence-electron chi connectivity index (χ1n) is 7.74. The Balaban J connectivity index is 2.22. The fourth-order valence-electron chi connectivity index (χ4n) is 3.98. The summed E-state index contributed by atoms with van der Waals surface area (Å²) in [4.78, 5) is 14.2. The van der Waals surface area contributed by atoms with Gasteiger partial charge < -0.3 is 4.90 Å². The molecule has 6 heteroatoms. The van der Waals surface area contributed by atoms with Gasteiger partial charge in [0.2, 0.25) is 0 Å². The lowest BCUT2D eigenvalue weighted by Gasteiger charge is -2.35. The smallest absolute Gasteiger partial charge is 0.255 e. The summed E-state index contributed by atoms with van der Waals surface area (Å²) in [5.41, 5.74) is -0.959. The van der Waals surface area contributed by atoms with E-state index in [2.05, 4.69) is 4.40 Å². The molecule has 2 atom stereocenters. The second-order valence-corrected chi connectivity index (χ2v) is 8.50. The lowest BCUT2D eigenvalue weighted by molar-refractivity contribution is -0.128. The Kier molecular flexibility index (Phi) is 4.21. The fourth-order valence-corrected chi connectivity index (χ4v) is 5.63. The highest BCUT2D eigenvalue weighted by molar-refractivity contribution is 7.90. The van der Waals surface area contributed by atoms with Crippen LogP contribution in [0.15, 0.2) is 4.40 Å². The highest BCUT2D eigenvalue weighted by Gasteiger charge is 2.65. The van der Waals surface area contributed by atoms with Crippen LogP contribution in [-0.2, 0) is 14.8 Å². The molecule has 0 radical (unpaired) electrons. The summed E-state index contributed by atoms with van der Waals surface area (Å²) in [5, 5.41) is 0. The van der Waals surface area contributed by atoms with Gasteiger partial charge in [0, 0.05) is 19.5 Å². The van der Waals surface area contributed by atoms with Crippen LogP contribution < -0.4 is 0 Å². The van der Waals surface area contributed by atoms with Gasteiger partial charge in [-0.1, -0.05) is 13.8 Å². The zero-order valence-electron chi connectivity index (χ0n) is 13.4. The van der Waals surface area contributed by atoms with E-state index in [9.17, 15) is 13.2 Å². The predicted molar refractivity (Wildman–Crippen MR) is 83.8 cm³/mol. The van der Waals surface area contributed by atoms with Crippen LogP contribution in [0.3, 0.4) is 0 Å². The standard InChI is InChI=1S/C15H26N2O3S/c1-5-17(6-2)11-16-21(19,20)10-15-8-7-12(9-13(15)18)14(15,3)4/h11-12H,5-10H2,1-4H3/b16-11+/t12-,15-/m1/s1. The summed E-state index contributed by atoms with van der Waals surface area (Å²) in [7, 11) is -3.62. The molecule has 2 rings (SSSR count). The molecule has 0 aromatic heterocycles. The van der Waals surface area contributed by atoms with E-state index < -0.39 is 15.4 Å². The van der Waals surface area contributed by atoms with Gasteiger partial charge in [0.1, 0.15) is 12.1 Å². The third-order valence-corrected chi connectivity index (χ3v) is 7.02. The number of Topliss-reactive ketones (excluding diaryl/α,β-unsaturated/α-hetero) is 1. The van der Waals surface area contributed by atoms with Gasteiger partial charge in [0.05, 0.1) is 11.2 Å². The minimum Gasteiger partial charge on any atom is -0.362 e. The SMILES string of the molecule is CCN(/C=N/S(=O)(=O)C[C@]12CC[C@H](CC1=O)C2(C)C)CC. The molecule has 2 bridgehead atoms. The number of hydrogen-bond acceptors (Lipinski definition) is 3. The topological polar surface area (TPSA) is 66.8 Å². The molecule has 2 fully saturated rings. The first kappa shape index (κ1) is 16.5. The van der Waals surface area contributed by atoms with Crippen molar-refractivity contribution in [1.82, 2.24) is 4.90 Å². The van der Waals surface area contributed by atoms with Gasteiger partial charge in [-0.2, -0.15) is 4.40 Å². The van der Waals surface area contributed by atoms with Crippen molar-refractivity contribution < 1.29 is 13.2 Å². The summed E-state index contributed by atoms with van der Waals surface area (Å²) in [6, 6.07) is 0. The van der Waals surface area contributed by atoms with Gasteiger partial charge in [-0.05, 0) is 38.0 Å². The van der Waals surface area contributed by atoms with Crippen LogP contribution in [0.2, 0.25) is 0 Å². The van der Waals surface area contributed by atoms with Crippen molar-refractivity contribution in [3.8, 4) is 0 Å². The van der Waals surface area contributed by atoms with Crippen molar-refractivity contribution >= 4 is 22.1 Å². The third kappa shape index (κ3) is 2.62. The number of fused-ring (bicyclic) bond motifs is 2. The van der Waals surface area contributed by atoms with Gasteiger partial charge in [0.15, 0.2) is 0 Å². The van der Waals surface area contributed by atoms with Crippen LogP contribution in [0.1, 0.15) is 47.0 Å². The second-order valence-electron chi connectivity index (χ2n) is 6.84. The molecule has 0 spiro atoms. The van der Waals surface area contributed by atoms with Gasteiger partial charge in [-0.25, -0.2) is 8.42 Å². The van der Waals surface area contributed by atoms with Crippen LogP contribution in [0.25, 0.3) is 0 Å². The average Bonchev–Trinajstić information content (AvgIpc) is 2.73. The molecule has 0 N–H and O–H groups in total. The number of ketones is 1. The molecular weight excluding hydrogens is 288 g/mol. The Labute approximate surface area is 127 Å². The molecule has 0 aromatic carbocycles. The van der Waals surface area contributed by atoms with E-state index in [0.717, 1.165) is 6.42 Å². The summed E-state index contributed by atoms with van der Waals surface area (Å²) in [5.74, 6) is 0.303. The number of carbonyl (C=O) groups excluding carboxylic acids is 1. The van der Waals surface area contributed by atoms with Crippen molar-refractivity contribution in [2.24, 2.45) is 21.1 Å². The Morgan fingerprint density at radius 3 is 2.38 bits per heavy atom. The first-order chi connectivity index (χ1) is 9.68. The summed E-state index contributed by atoms with van der Waals surface area (Å²) < 4.78 is 28.5. The number of hydrogen-bond donors (Lipinski definition) is 0. The van der Waals surface area contributed by atoms with Gasteiger partial charge in [-0.15, -0.1) is 0 Å². The van der Waals surface area contributed by atoms with Crippen LogP contribution in [-0.4, -0.2) is 44.3 Å². The predicted octanol–water partition coefficient (Wildman–Crippen LogP) is 2.08. The molecule has 0 amide bonds. The van der Waals surface area contributed by atoms with Crippen molar-refractivity contribution in [1.29, 1.82) is 0 Å². The summed E-state index contributed by atoms with van der Waals surface area (Å²) in [6.45, 7) is 9.41. The minimum atomic E-state index is -3.62. The molecule has 2 saturated carbocycles. The van der Waals surface area contributed by atoms with Gasteiger partial charge in [0.25, 0.3) is 10.0 Å². The van der Waals surface area contributed by atoms with Crippen molar-refractivity contribution in [3.05, 3.63) is 0 Å². The number of carbonyl (C=O) groups is 1. The van der Waals surface area contributed by atoms with E-state index in [0.29, 0.717) is 31.8 Å². The highest BCUT2D eigenvalue weighted by atomic mass is 32.2. The van der Waals surface area contributed by atoms with Gasteiger partial charge in [-0.3, -0.25) is 4.79 Å². The maximum atomic E-state index is 12.4. The largest absolute Gasteiger partial charge is 0.362 e. The van der Waals surface area contributed by atoms with E-state index in [1.54, 1.807) is 0 Å². The molecule has 0 unspecified atom stereocenters. The van der Waals surface area contributed by atoms with E-state index >= 15 is 0 Å². The number of nitrogens with zero attached hydrogens (tertiary/aromatic N) is 2. The molecular formula is C15H26N2O3S. The Bertz CT molecular complexity index is 549. The maximum absolute atomic E-state index is 12.4. The van der Waals surface area contributed by atoms with E-state index in [-0.39, 0.29) is 17.0 Å². The molecule has 21 heavy (non-hydrogen) atoms. The van der Waals surface area contributed by atoms with E-state index in [4.69, 9.17) is 0 Å². The Hall–Kier alpha value is -0.910. The van der Waals surface area contributed by atoms with Gasteiger partial charge >= 0.3 is 0 Å². The van der Waals surface area contributed by atoms with Crippen molar-refractivity contribution in [3.63, 3.8) is 0 Å². The fraction of sp³-hybridized carbons (Fsp3) is 0.867. The summed E-state index contributed by atoms with van der Waals surface area (Å²) in [6.07, 6.45) is 3.56. The highest BCUT2D eigenvalue weighted by Crippen LogP contribution is 2.64. The van der Waals surface area contributed by atoms with E-state index in [1.165, 1.54) is 6.34 Å². The lowest BCUT2D eigenvalue weighted by atomic mass is 9.70. The third-order valence-electron chi connectivity index (χ3n) is 5.75. The maximum Gasteiger partial charge on any atom is 0.255 e. The zero-order valence-corrected chi connectivity index (χ0v) is 14.2. The molecule has 0 heterocycles. The molecule has 120 valence electrons. The molecule has 0 saturated heterocycles. The quantitative estimate of drug-likeness (QED) is 0.556. The van der Waals surface area contributed by atoms with Crippen molar-refractivity contribution in [2.45, 2.75) is 47.0 Å². The van der Waals surface area contributed by atoms with Crippen LogP contribution in [0, 0.1) is 16.7 Å². The van der Waals surface area contributed by atoms with E-state index in [1.807, 2.05) is 32.6 Å². The molecule has 0 aromatic rings. The van der Waals surface area contributed by atoms with Crippen LogP contribution in [0.5, 0.6) is 0 Å². The Morgan fingerprint density at radius 1 is 1.33 bits per heavy atom. The molecule has 2 aliphatic rings. The average molecular weight is 314 g/mol. The molecule has 5 nitrogen and oxygen atoms in total. The number of sulfonamides is 1. The number of rotatable bonds is 6. The first-order valence-corrected chi connectivity index (χ1v) is 9.35. The Morgan fingerprint density at radius 2 is 1.95 bits per heavy atom. The normalized spacial score (nSPS) is 31.2. The minimum absolute atomic E-state index is 0.116. The molecule has 0 aliphatic heterocycles. The monoisotopic (exact) mass is 314 g/mol. The molecule has 2 aliphatic carbocycles. The zero-order chi connectivity index (χ0) is 15.9. The summed E-state index contributed by atoms with van der Waals surface area (Å²) >= 11 is 0. The van der Waals surface area contributed by atoms with Crippen molar-refractivity contribution in [2.75, 3.05) is 18.8 Å².